The maximum atomic E-state index is 8.67. The molecule has 2 aromatic carbocycles. The van der Waals surface area contributed by atoms with E-state index < -0.39 is 0 Å². The number of methoxy groups -OCH3 is 2. The molecule has 0 aliphatic heterocycles. The predicted molar refractivity (Wildman–Crippen MR) is 176 cm³/mol. The Kier molecular flexibility index (Phi) is 40.9. The van der Waals surface area contributed by atoms with E-state index >= 15 is 0 Å². The lowest BCUT2D eigenvalue weighted by Crippen LogP contribution is -2.02. The maximum Gasteiger partial charge on any atom is 0.125 e. The molecule has 2 N–H and O–H groups in total. The molecule has 2 rings (SSSR count). The summed E-state index contributed by atoms with van der Waals surface area (Å²) in [5.74, 6) is 3.63. The van der Waals surface area contributed by atoms with Gasteiger partial charge in [-0.3, -0.25) is 0 Å². The first kappa shape index (κ1) is 47.4. The van der Waals surface area contributed by atoms with Crippen molar-refractivity contribution in [3.8, 4) is 23.0 Å². The summed E-state index contributed by atoms with van der Waals surface area (Å²) in [6.45, 7) is 25.8. The molecule has 0 aliphatic rings. The number of rotatable bonds is 9. The van der Waals surface area contributed by atoms with Crippen molar-refractivity contribution in [3.05, 3.63) is 46.5 Å². The van der Waals surface area contributed by atoms with Crippen LogP contribution >= 0.6 is 0 Å². The van der Waals surface area contributed by atoms with E-state index in [0.717, 1.165) is 58.3 Å². The smallest absolute Gasteiger partial charge is 0.125 e. The zero-order chi connectivity index (χ0) is 31.2. The predicted octanol–water partition coefficient (Wildman–Crippen LogP) is 9.28. The zero-order valence-electron chi connectivity index (χ0n) is 27.8. The average molecular weight is 571 g/mol. The van der Waals surface area contributed by atoms with Gasteiger partial charge in [0.05, 0.1) is 27.4 Å². The Morgan fingerprint density at radius 1 is 0.600 bits per heavy atom. The summed E-state index contributed by atoms with van der Waals surface area (Å²) in [5, 5.41) is 16.2. The van der Waals surface area contributed by atoms with Crippen molar-refractivity contribution in [2.24, 2.45) is 0 Å². The van der Waals surface area contributed by atoms with Crippen molar-refractivity contribution in [2.45, 2.75) is 110 Å². The minimum Gasteiger partial charge on any atom is -0.497 e. The molecule has 0 radical (unpaired) electrons. The van der Waals surface area contributed by atoms with E-state index in [1.54, 1.807) is 21.1 Å². The van der Waals surface area contributed by atoms with Gasteiger partial charge in [0, 0.05) is 19.6 Å². The summed E-state index contributed by atoms with van der Waals surface area (Å²) in [7, 11) is 3.33. The molecular weight excluding hydrogens is 504 g/mol. The highest BCUT2D eigenvalue weighted by Crippen LogP contribution is 2.29. The summed E-state index contributed by atoms with van der Waals surface area (Å²) in [5.41, 5.74) is 4.39. The fourth-order valence-electron chi connectivity index (χ4n) is 2.96. The molecule has 0 spiro atoms. The lowest BCUT2D eigenvalue weighted by Gasteiger charge is -2.13. The Balaban J connectivity index is -0.000000152. The molecule has 0 amide bonds. The van der Waals surface area contributed by atoms with Crippen molar-refractivity contribution in [1.29, 1.82) is 0 Å². The number of aliphatic hydroxyl groups excluding tert-OH is 2. The number of ether oxygens (including phenoxy) is 4. The van der Waals surface area contributed by atoms with Crippen LogP contribution in [0.15, 0.2) is 24.3 Å². The Morgan fingerprint density at radius 2 is 0.875 bits per heavy atom. The molecule has 0 atom stereocenters. The van der Waals surface area contributed by atoms with Gasteiger partial charge in [0.2, 0.25) is 0 Å². The van der Waals surface area contributed by atoms with Gasteiger partial charge in [0.15, 0.2) is 0 Å². The van der Waals surface area contributed by atoms with Gasteiger partial charge in [-0.15, -0.1) is 0 Å². The summed E-state index contributed by atoms with van der Waals surface area (Å²) >= 11 is 0. The molecule has 0 saturated carbocycles. The lowest BCUT2D eigenvalue weighted by atomic mass is 10.1. The molecule has 0 bridgehead atoms. The minimum absolute atomic E-state index is 0. The summed E-state index contributed by atoms with van der Waals surface area (Å²) in [4.78, 5) is 0. The standard InChI is InChI=1S/C12H18O3.C12H18O2.C3H8.C2H6O.2C2H6.CH4/c1-9-7-11(14-3)8-10(2)12(9)15-6-4-5-13;1-5-6-14-12-9(2)7-11(13-4)8-10(12)3;1-3-2;1-2-3;2*1-2;/h7-8,13H,4-6H2,1-3H3;7-8H,5-6H2,1-4H3;3H2,1-2H3;3H,2H2,1H3;2*1-2H3;1H4. The first-order valence-electron chi connectivity index (χ1n) is 14.5. The molecule has 0 unspecified atom stereocenters. The molecule has 0 aliphatic carbocycles. The second-order valence-electron chi connectivity index (χ2n) is 7.98. The molecule has 238 valence electrons. The second-order valence-corrected chi connectivity index (χ2v) is 7.98. The lowest BCUT2D eigenvalue weighted by molar-refractivity contribution is 0.232. The molecule has 0 saturated heterocycles. The van der Waals surface area contributed by atoms with Crippen molar-refractivity contribution < 1.29 is 29.2 Å². The fraction of sp³-hybridized carbons (Fsp3) is 0.647. The third-order valence-corrected chi connectivity index (χ3v) is 4.34. The molecule has 0 heterocycles. The summed E-state index contributed by atoms with van der Waals surface area (Å²) in [6, 6.07) is 7.89. The van der Waals surface area contributed by atoms with Gasteiger partial charge >= 0.3 is 0 Å². The highest BCUT2D eigenvalue weighted by molar-refractivity contribution is 5.46. The van der Waals surface area contributed by atoms with Crippen LogP contribution in [0.25, 0.3) is 0 Å². The van der Waals surface area contributed by atoms with Crippen molar-refractivity contribution >= 4 is 0 Å². The molecule has 6 nitrogen and oxygen atoms in total. The van der Waals surface area contributed by atoms with Crippen LogP contribution in [0.3, 0.4) is 0 Å². The van der Waals surface area contributed by atoms with E-state index in [0.29, 0.717) is 13.0 Å². The van der Waals surface area contributed by atoms with Gasteiger partial charge in [-0.25, -0.2) is 0 Å². The highest BCUT2D eigenvalue weighted by atomic mass is 16.5. The van der Waals surface area contributed by atoms with Crippen LogP contribution < -0.4 is 18.9 Å². The molecular formula is C34H66O6. The molecule has 2 aromatic rings. The van der Waals surface area contributed by atoms with Crippen LogP contribution in [-0.4, -0.2) is 50.9 Å². The number of benzene rings is 2. The van der Waals surface area contributed by atoms with Crippen LogP contribution in [-0.2, 0) is 0 Å². The molecule has 0 fully saturated rings. The zero-order valence-corrected chi connectivity index (χ0v) is 27.8. The minimum atomic E-state index is 0. The fourth-order valence-corrected chi connectivity index (χ4v) is 2.96. The first-order valence-corrected chi connectivity index (χ1v) is 14.5. The SMILES string of the molecule is C.CC.CC.CCC.CCCOc1c(C)cc(OC)cc1C.CCO.COc1cc(C)c(OCCCO)c(C)c1. The van der Waals surface area contributed by atoms with Gasteiger partial charge in [-0.1, -0.05) is 62.3 Å². The van der Waals surface area contributed by atoms with E-state index in [9.17, 15) is 0 Å². The second kappa shape index (κ2) is 34.6. The Hall–Kier alpha value is -2.44. The monoisotopic (exact) mass is 570 g/mol. The first-order chi connectivity index (χ1) is 18.7. The van der Waals surface area contributed by atoms with E-state index in [-0.39, 0.29) is 20.6 Å². The molecule has 0 aromatic heterocycles. The molecule has 6 heteroatoms. The summed E-state index contributed by atoms with van der Waals surface area (Å²) in [6.07, 6.45) is 2.94. The Labute approximate surface area is 249 Å². The molecule has 40 heavy (non-hydrogen) atoms. The van der Waals surface area contributed by atoms with Crippen molar-refractivity contribution in [1.82, 2.24) is 0 Å². The van der Waals surface area contributed by atoms with Gasteiger partial charge in [-0.05, 0) is 87.6 Å². The van der Waals surface area contributed by atoms with Crippen molar-refractivity contribution in [2.75, 3.05) is 40.6 Å². The number of aryl methyl sites for hydroxylation is 4. The quantitative estimate of drug-likeness (QED) is 0.293. The topological polar surface area (TPSA) is 77.4 Å². The van der Waals surface area contributed by atoms with E-state index in [1.807, 2.05) is 79.7 Å². The van der Waals surface area contributed by atoms with E-state index in [2.05, 4.69) is 20.8 Å². The third kappa shape index (κ3) is 23.4. The normalized spacial score (nSPS) is 8.50. The Morgan fingerprint density at radius 3 is 1.10 bits per heavy atom. The maximum absolute atomic E-state index is 8.67. The van der Waals surface area contributed by atoms with Crippen LogP contribution in [0.4, 0.5) is 0 Å². The van der Waals surface area contributed by atoms with Gasteiger partial charge < -0.3 is 29.2 Å². The largest absolute Gasteiger partial charge is 0.497 e. The van der Waals surface area contributed by atoms with Gasteiger partial charge in [0.25, 0.3) is 0 Å². The highest BCUT2D eigenvalue weighted by Gasteiger charge is 2.07. The third-order valence-electron chi connectivity index (χ3n) is 4.34. The summed E-state index contributed by atoms with van der Waals surface area (Å²) < 4.78 is 21.6. The van der Waals surface area contributed by atoms with Crippen LogP contribution in [0.1, 0.15) is 104 Å². The van der Waals surface area contributed by atoms with E-state index in [1.165, 1.54) is 6.42 Å². The number of aliphatic hydroxyl groups is 2. The Bertz CT molecular complexity index is 742. The van der Waals surface area contributed by atoms with Crippen molar-refractivity contribution in [3.63, 3.8) is 0 Å². The average Bonchev–Trinajstić information content (AvgIpc) is 2.93. The van der Waals surface area contributed by atoms with Crippen LogP contribution in [0.2, 0.25) is 0 Å². The number of hydrogen-bond acceptors (Lipinski definition) is 6. The van der Waals surface area contributed by atoms with Crippen LogP contribution in [0, 0.1) is 27.7 Å². The van der Waals surface area contributed by atoms with Gasteiger partial charge in [0.1, 0.15) is 23.0 Å². The van der Waals surface area contributed by atoms with E-state index in [4.69, 9.17) is 29.2 Å². The van der Waals surface area contributed by atoms with Crippen LogP contribution in [0.5, 0.6) is 23.0 Å². The van der Waals surface area contributed by atoms with Gasteiger partial charge in [-0.2, -0.15) is 0 Å². The number of hydrogen-bond donors (Lipinski definition) is 2.